The van der Waals surface area contributed by atoms with Gasteiger partial charge in [0, 0.05) is 30.5 Å². The highest BCUT2D eigenvalue weighted by atomic mass is 32.2. The number of nitrogens with zero attached hydrogens (tertiary/aromatic N) is 2. The lowest BCUT2D eigenvalue weighted by Crippen LogP contribution is -2.45. The molecule has 2 aromatic rings. The minimum absolute atomic E-state index is 0.233. The first-order valence-corrected chi connectivity index (χ1v) is 12.0. The molecule has 0 unspecified atom stereocenters. The highest BCUT2D eigenvalue weighted by Crippen LogP contribution is 2.35. The van der Waals surface area contributed by atoms with Gasteiger partial charge in [0.15, 0.2) is 0 Å². The molecule has 1 amide bonds. The maximum Gasteiger partial charge on any atom is 0.247 e. The molecule has 9 heteroatoms. The van der Waals surface area contributed by atoms with E-state index in [2.05, 4.69) is 10.2 Å². The SMILES string of the molecule is COc1ccc(OC)c(N([C@@H](C)C(=O)Nc2ccc(N3CCCC3)cc2)S(C)(=O)=O)c1. The lowest BCUT2D eigenvalue weighted by Gasteiger charge is -2.29. The molecule has 1 saturated heterocycles. The van der Waals surface area contributed by atoms with Crippen LogP contribution in [0.1, 0.15) is 19.8 Å². The van der Waals surface area contributed by atoms with Crippen molar-refractivity contribution in [3.63, 3.8) is 0 Å². The first-order chi connectivity index (χ1) is 14.7. The van der Waals surface area contributed by atoms with Crippen molar-refractivity contribution in [2.24, 2.45) is 0 Å². The van der Waals surface area contributed by atoms with Crippen LogP contribution in [0.2, 0.25) is 0 Å². The van der Waals surface area contributed by atoms with Crippen LogP contribution in [0.15, 0.2) is 42.5 Å². The maximum atomic E-state index is 13.0. The van der Waals surface area contributed by atoms with Crippen molar-refractivity contribution in [3.05, 3.63) is 42.5 Å². The Morgan fingerprint density at radius 2 is 1.71 bits per heavy atom. The molecule has 31 heavy (non-hydrogen) atoms. The predicted molar refractivity (Wildman–Crippen MR) is 123 cm³/mol. The Balaban J connectivity index is 1.84. The summed E-state index contributed by atoms with van der Waals surface area (Å²) < 4.78 is 36.9. The molecule has 1 heterocycles. The second-order valence-electron chi connectivity index (χ2n) is 7.50. The number of carbonyl (C=O) groups is 1. The van der Waals surface area contributed by atoms with Gasteiger partial charge in [-0.15, -0.1) is 0 Å². The Kier molecular flexibility index (Phi) is 6.94. The van der Waals surface area contributed by atoms with Gasteiger partial charge in [0.1, 0.15) is 17.5 Å². The molecule has 0 aromatic heterocycles. The van der Waals surface area contributed by atoms with E-state index >= 15 is 0 Å². The van der Waals surface area contributed by atoms with Crippen LogP contribution in [-0.4, -0.2) is 53.9 Å². The molecule has 0 aliphatic carbocycles. The quantitative estimate of drug-likeness (QED) is 0.669. The summed E-state index contributed by atoms with van der Waals surface area (Å²) in [5.41, 5.74) is 1.95. The van der Waals surface area contributed by atoms with E-state index in [0.717, 1.165) is 29.3 Å². The Morgan fingerprint density at radius 1 is 1.06 bits per heavy atom. The molecule has 8 nitrogen and oxygen atoms in total. The van der Waals surface area contributed by atoms with Crippen LogP contribution < -0.4 is 24.0 Å². The molecule has 0 bridgehead atoms. The van der Waals surface area contributed by atoms with Crippen molar-refractivity contribution in [1.29, 1.82) is 0 Å². The zero-order valence-electron chi connectivity index (χ0n) is 18.3. The number of amides is 1. The zero-order chi connectivity index (χ0) is 22.6. The fourth-order valence-corrected chi connectivity index (χ4v) is 4.90. The number of nitrogens with one attached hydrogen (secondary N) is 1. The monoisotopic (exact) mass is 447 g/mol. The number of ether oxygens (including phenoxy) is 2. The number of methoxy groups -OCH3 is 2. The maximum absolute atomic E-state index is 13.0. The second kappa shape index (κ2) is 9.47. The third-order valence-corrected chi connectivity index (χ3v) is 6.55. The Morgan fingerprint density at radius 3 is 2.26 bits per heavy atom. The third kappa shape index (κ3) is 5.22. The largest absolute Gasteiger partial charge is 0.497 e. The van der Waals surface area contributed by atoms with E-state index in [0.29, 0.717) is 17.2 Å². The van der Waals surface area contributed by atoms with Crippen LogP contribution in [-0.2, 0) is 14.8 Å². The van der Waals surface area contributed by atoms with Gasteiger partial charge in [-0.05, 0) is 56.2 Å². The van der Waals surface area contributed by atoms with Crippen LogP contribution in [0.4, 0.5) is 17.1 Å². The molecule has 1 N–H and O–H groups in total. The Bertz CT molecular complexity index is 1020. The number of benzene rings is 2. The highest BCUT2D eigenvalue weighted by Gasteiger charge is 2.31. The molecule has 1 fully saturated rings. The van der Waals surface area contributed by atoms with E-state index in [9.17, 15) is 13.2 Å². The van der Waals surface area contributed by atoms with Crippen LogP contribution in [0.25, 0.3) is 0 Å². The summed E-state index contributed by atoms with van der Waals surface area (Å²) in [6.07, 6.45) is 3.43. The van der Waals surface area contributed by atoms with Gasteiger partial charge >= 0.3 is 0 Å². The van der Waals surface area contributed by atoms with Crippen molar-refractivity contribution in [2.45, 2.75) is 25.8 Å². The standard InChI is InChI=1S/C22H29N3O5S/c1-16(22(26)23-17-7-9-18(10-8-17)24-13-5-6-14-24)25(31(4,27)28)20-15-19(29-2)11-12-21(20)30-3/h7-12,15-16H,5-6,13-14H2,1-4H3,(H,23,26)/t16-/m0/s1. The van der Waals surface area contributed by atoms with Crippen LogP contribution in [0, 0.1) is 0 Å². The van der Waals surface area contributed by atoms with E-state index in [1.165, 1.54) is 40.1 Å². The van der Waals surface area contributed by atoms with Crippen molar-refractivity contribution < 1.29 is 22.7 Å². The lowest BCUT2D eigenvalue weighted by atomic mass is 10.2. The van der Waals surface area contributed by atoms with Crippen molar-refractivity contribution in [1.82, 2.24) is 0 Å². The number of rotatable bonds is 8. The normalized spacial score (nSPS) is 14.8. The van der Waals surface area contributed by atoms with Crippen molar-refractivity contribution >= 4 is 33.0 Å². The molecule has 1 aliphatic rings. The molecule has 0 saturated carbocycles. The molecule has 0 radical (unpaired) electrons. The van der Waals surface area contributed by atoms with Crippen LogP contribution in [0.3, 0.4) is 0 Å². The van der Waals surface area contributed by atoms with Crippen molar-refractivity contribution in [3.8, 4) is 11.5 Å². The molecule has 1 atom stereocenters. The molecule has 168 valence electrons. The van der Waals surface area contributed by atoms with E-state index in [1.54, 1.807) is 12.1 Å². The van der Waals surface area contributed by atoms with Crippen LogP contribution >= 0.6 is 0 Å². The molecule has 2 aromatic carbocycles. The molecule has 3 rings (SSSR count). The summed E-state index contributed by atoms with van der Waals surface area (Å²) in [6.45, 7) is 3.61. The first-order valence-electron chi connectivity index (χ1n) is 10.1. The molecular formula is C22H29N3O5S. The zero-order valence-corrected chi connectivity index (χ0v) is 19.1. The Hall–Kier alpha value is -2.94. The summed E-state index contributed by atoms with van der Waals surface area (Å²) in [5.74, 6) is 0.319. The lowest BCUT2D eigenvalue weighted by molar-refractivity contribution is -0.116. The Labute approximate surface area is 183 Å². The second-order valence-corrected chi connectivity index (χ2v) is 9.36. The summed E-state index contributed by atoms with van der Waals surface area (Å²) in [4.78, 5) is 15.3. The minimum atomic E-state index is -3.80. The molecular weight excluding hydrogens is 418 g/mol. The van der Waals surface area contributed by atoms with Gasteiger partial charge in [-0.1, -0.05) is 0 Å². The number of anilines is 3. The fraction of sp³-hybridized carbons (Fsp3) is 0.409. The average molecular weight is 448 g/mol. The number of hydrogen-bond donors (Lipinski definition) is 1. The fourth-order valence-electron chi connectivity index (χ4n) is 3.73. The highest BCUT2D eigenvalue weighted by molar-refractivity contribution is 7.92. The summed E-state index contributed by atoms with van der Waals surface area (Å²) in [5, 5.41) is 2.81. The van der Waals surface area contributed by atoms with Gasteiger partial charge < -0.3 is 19.7 Å². The van der Waals surface area contributed by atoms with Gasteiger partial charge in [-0.25, -0.2) is 8.42 Å². The molecule has 0 spiro atoms. The van der Waals surface area contributed by atoms with Gasteiger partial charge in [0.25, 0.3) is 0 Å². The number of sulfonamides is 1. The smallest absolute Gasteiger partial charge is 0.247 e. The summed E-state index contributed by atoms with van der Waals surface area (Å²) in [7, 11) is -0.872. The van der Waals surface area contributed by atoms with Crippen LogP contribution in [0.5, 0.6) is 11.5 Å². The predicted octanol–water partition coefficient (Wildman–Crippen LogP) is 3.10. The first kappa shape index (κ1) is 22.7. The number of hydrogen-bond acceptors (Lipinski definition) is 6. The number of carbonyl (C=O) groups excluding carboxylic acids is 1. The minimum Gasteiger partial charge on any atom is -0.497 e. The van der Waals surface area contributed by atoms with E-state index < -0.39 is 22.0 Å². The molecule has 1 aliphatic heterocycles. The average Bonchev–Trinajstić information content (AvgIpc) is 3.28. The van der Waals surface area contributed by atoms with Gasteiger partial charge in [0.2, 0.25) is 15.9 Å². The van der Waals surface area contributed by atoms with Gasteiger partial charge in [0.05, 0.1) is 26.2 Å². The summed E-state index contributed by atoms with van der Waals surface area (Å²) in [6, 6.07) is 11.4. The van der Waals surface area contributed by atoms with E-state index in [4.69, 9.17) is 9.47 Å². The third-order valence-electron chi connectivity index (χ3n) is 5.32. The van der Waals surface area contributed by atoms with E-state index in [1.807, 2.05) is 24.3 Å². The summed E-state index contributed by atoms with van der Waals surface area (Å²) >= 11 is 0. The van der Waals surface area contributed by atoms with E-state index in [-0.39, 0.29) is 5.69 Å². The van der Waals surface area contributed by atoms with Crippen molar-refractivity contribution in [2.75, 3.05) is 48.1 Å². The topological polar surface area (TPSA) is 88.2 Å². The van der Waals surface area contributed by atoms with Gasteiger partial charge in [-0.2, -0.15) is 0 Å². The van der Waals surface area contributed by atoms with Gasteiger partial charge in [-0.3, -0.25) is 9.10 Å².